The van der Waals surface area contributed by atoms with Crippen LogP contribution in [0.15, 0.2) is 30.5 Å². The molecule has 0 spiro atoms. The highest BCUT2D eigenvalue weighted by Crippen LogP contribution is 2.36. The van der Waals surface area contributed by atoms with Gasteiger partial charge in [0.05, 0.1) is 6.54 Å². The summed E-state index contributed by atoms with van der Waals surface area (Å²) in [6.45, 7) is 1.95. The van der Waals surface area contributed by atoms with Crippen LogP contribution < -0.4 is 16.4 Å². The number of nitrogens with two attached hydrogens (primary N) is 1. The van der Waals surface area contributed by atoms with Gasteiger partial charge in [0.25, 0.3) is 5.91 Å². The molecule has 170 valence electrons. The molecule has 0 bridgehead atoms. The molecule has 1 aliphatic carbocycles. The number of hydrogen-bond acceptors (Lipinski definition) is 5. The zero-order valence-corrected chi connectivity index (χ0v) is 18.6. The van der Waals surface area contributed by atoms with Crippen LogP contribution in [0.3, 0.4) is 0 Å². The summed E-state index contributed by atoms with van der Waals surface area (Å²) in [4.78, 5) is 33.6. The van der Waals surface area contributed by atoms with Gasteiger partial charge in [0.1, 0.15) is 5.82 Å². The largest absolute Gasteiger partial charge is 0.382 e. The highest BCUT2D eigenvalue weighted by atomic mass is 16.2. The van der Waals surface area contributed by atoms with Gasteiger partial charge in [-0.25, -0.2) is 4.98 Å². The molecule has 0 saturated carbocycles. The number of allylic oxidation sites excluding steroid dienone is 2. The van der Waals surface area contributed by atoms with Crippen molar-refractivity contribution in [3.63, 3.8) is 0 Å². The summed E-state index contributed by atoms with van der Waals surface area (Å²) in [5.74, 6) is 0.763. The molecule has 0 atom stereocenters. The number of carbonyl (C=O) groups excluding carboxylic acids is 2. The Labute approximate surface area is 188 Å². The first-order chi connectivity index (χ1) is 15.5. The third-order valence-corrected chi connectivity index (χ3v) is 6.39. The number of aromatic nitrogens is 2. The van der Waals surface area contributed by atoms with Gasteiger partial charge in [-0.3, -0.25) is 9.59 Å². The molecule has 2 amide bonds. The number of hydrogen-bond donors (Lipinski definition) is 4. The number of anilines is 2. The quantitative estimate of drug-likeness (QED) is 0.555. The molecule has 2 aromatic rings. The summed E-state index contributed by atoms with van der Waals surface area (Å²) in [5, 5.41) is 5.96. The number of piperidine rings is 1. The molecular weight excluding hydrogens is 404 g/mol. The van der Waals surface area contributed by atoms with E-state index in [1.807, 2.05) is 11.0 Å². The number of nitrogen functional groups attached to an aromatic ring is 1. The molecule has 1 aromatic heterocycles. The molecular formula is C24H32N6O2. The third-order valence-electron chi connectivity index (χ3n) is 6.39. The molecule has 1 saturated heterocycles. The van der Waals surface area contributed by atoms with E-state index < -0.39 is 0 Å². The third kappa shape index (κ3) is 5.02. The highest BCUT2D eigenvalue weighted by Gasteiger charge is 2.25. The maximum Gasteiger partial charge on any atom is 0.291 e. The van der Waals surface area contributed by atoms with E-state index >= 15 is 0 Å². The van der Waals surface area contributed by atoms with Gasteiger partial charge in [-0.15, -0.1) is 0 Å². The topological polar surface area (TPSA) is 116 Å². The first kappa shape index (κ1) is 22.1. The minimum absolute atomic E-state index is 0.163. The highest BCUT2D eigenvalue weighted by molar-refractivity contribution is 6.03. The first-order valence-corrected chi connectivity index (χ1v) is 11.4. The van der Waals surface area contributed by atoms with Gasteiger partial charge in [-0.05, 0) is 74.8 Å². The SMILES string of the molecule is CNCC(=O)N1CCC(c2ccc(NC(=O)c3nc(N)c[nH]3)c(C3=CCCCC3)c2)CC1. The van der Waals surface area contributed by atoms with Gasteiger partial charge < -0.3 is 26.3 Å². The number of likely N-dealkylation sites (tertiary alicyclic amines) is 1. The van der Waals surface area contributed by atoms with E-state index in [1.165, 1.54) is 23.8 Å². The van der Waals surface area contributed by atoms with Crippen LogP contribution in [-0.4, -0.2) is 53.4 Å². The van der Waals surface area contributed by atoms with Crippen LogP contribution in [0.4, 0.5) is 11.5 Å². The van der Waals surface area contributed by atoms with Crippen molar-refractivity contribution in [2.75, 3.05) is 37.7 Å². The second kappa shape index (κ2) is 9.99. The second-order valence-corrected chi connectivity index (χ2v) is 8.59. The monoisotopic (exact) mass is 436 g/mol. The Hall–Kier alpha value is -3.13. The molecule has 32 heavy (non-hydrogen) atoms. The van der Waals surface area contributed by atoms with E-state index in [9.17, 15) is 9.59 Å². The summed E-state index contributed by atoms with van der Waals surface area (Å²) in [6, 6.07) is 6.34. The Morgan fingerprint density at radius 1 is 1.25 bits per heavy atom. The van der Waals surface area contributed by atoms with Crippen LogP contribution in [0.25, 0.3) is 5.57 Å². The predicted octanol–water partition coefficient (Wildman–Crippen LogP) is 3.13. The molecule has 0 unspecified atom stereocenters. The molecule has 2 aliphatic rings. The van der Waals surface area contributed by atoms with Gasteiger partial charge >= 0.3 is 0 Å². The van der Waals surface area contributed by atoms with Gasteiger partial charge in [-0.2, -0.15) is 0 Å². The standard InChI is InChI=1S/C24H32N6O2/c1-26-15-22(31)30-11-9-16(10-12-30)18-7-8-20(19(13-18)17-5-3-2-4-6-17)28-24(32)23-27-14-21(25)29-23/h5,7-8,13-14,16,26H,2-4,6,9-12,15,25H2,1H3,(H,27,29)(H,28,32). The molecule has 2 heterocycles. The van der Waals surface area contributed by atoms with Crippen molar-refractivity contribution in [3.05, 3.63) is 47.4 Å². The lowest BCUT2D eigenvalue weighted by atomic mass is 9.85. The van der Waals surface area contributed by atoms with Gasteiger partial charge in [0, 0.05) is 30.5 Å². The smallest absolute Gasteiger partial charge is 0.291 e. The lowest BCUT2D eigenvalue weighted by molar-refractivity contribution is -0.131. The minimum atomic E-state index is -0.302. The number of nitrogens with zero attached hydrogens (tertiary/aromatic N) is 2. The number of likely N-dealkylation sites (N-methyl/N-ethyl adjacent to an activating group) is 1. The van der Waals surface area contributed by atoms with Crippen molar-refractivity contribution in [3.8, 4) is 0 Å². The van der Waals surface area contributed by atoms with Crippen molar-refractivity contribution in [2.24, 2.45) is 0 Å². The second-order valence-electron chi connectivity index (χ2n) is 8.59. The van der Waals surface area contributed by atoms with Crippen molar-refractivity contribution in [1.82, 2.24) is 20.2 Å². The average Bonchev–Trinajstić information content (AvgIpc) is 3.27. The van der Waals surface area contributed by atoms with Gasteiger partial charge in [0.15, 0.2) is 5.82 Å². The number of rotatable bonds is 6. The maximum atomic E-state index is 12.7. The fourth-order valence-electron chi connectivity index (χ4n) is 4.63. The van der Waals surface area contributed by atoms with Crippen LogP contribution >= 0.6 is 0 Å². The molecule has 1 aromatic carbocycles. The fourth-order valence-corrected chi connectivity index (χ4v) is 4.63. The fraction of sp³-hybridized carbons (Fsp3) is 0.458. The zero-order chi connectivity index (χ0) is 22.5. The average molecular weight is 437 g/mol. The first-order valence-electron chi connectivity index (χ1n) is 11.4. The number of benzene rings is 1. The Kier molecular flexibility index (Phi) is 6.90. The van der Waals surface area contributed by atoms with Crippen LogP contribution in [0.1, 0.15) is 66.2 Å². The van der Waals surface area contributed by atoms with E-state index in [4.69, 9.17) is 5.73 Å². The van der Waals surface area contributed by atoms with Crippen LogP contribution in [0.5, 0.6) is 0 Å². The Morgan fingerprint density at radius 2 is 2.06 bits per heavy atom. The lowest BCUT2D eigenvalue weighted by Gasteiger charge is -2.32. The van der Waals surface area contributed by atoms with Crippen molar-refractivity contribution >= 4 is 28.9 Å². The molecule has 1 aliphatic heterocycles. The molecule has 8 heteroatoms. The van der Waals surface area contributed by atoms with Crippen molar-refractivity contribution in [1.29, 1.82) is 0 Å². The van der Waals surface area contributed by atoms with E-state index in [1.54, 1.807) is 7.05 Å². The Bertz CT molecular complexity index is 1000. The van der Waals surface area contributed by atoms with E-state index in [-0.39, 0.29) is 17.6 Å². The predicted molar refractivity (Wildman–Crippen MR) is 126 cm³/mol. The lowest BCUT2D eigenvalue weighted by Crippen LogP contribution is -2.41. The zero-order valence-electron chi connectivity index (χ0n) is 18.6. The molecule has 1 fully saturated rings. The number of aromatic amines is 1. The number of carbonyl (C=O) groups is 2. The Morgan fingerprint density at radius 3 is 2.72 bits per heavy atom. The van der Waals surface area contributed by atoms with E-state index in [2.05, 4.69) is 38.8 Å². The van der Waals surface area contributed by atoms with Crippen molar-refractivity contribution < 1.29 is 9.59 Å². The molecule has 0 radical (unpaired) electrons. The van der Waals surface area contributed by atoms with Crippen LogP contribution in [0, 0.1) is 0 Å². The molecule has 4 rings (SSSR count). The summed E-state index contributed by atoms with van der Waals surface area (Å²) in [7, 11) is 1.80. The number of nitrogens with one attached hydrogen (secondary N) is 3. The summed E-state index contributed by atoms with van der Waals surface area (Å²) in [6.07, 6.45) is 10.1. The number of imidazole rings is 1. The normalized spacial score (nSPS) is 17.2. The number of amides is 2. The van der Waals surface area contributed by atoms with Gasteiger partial charge in [0.2, 0.25) is 5.91 Å². The summed E-state index contributed by atoms with van der Waals surface area (Å²) >= 11 is 0. The van der Waals surface area contributed by atoms with Crippen LogP contribution in [0.2, 0.25) is 0 Å². The van der Waals surface area contributed by atoms with E-state index in [0.29, 0.717) is 18.3 Å². The molecule has 8 nitrogen and oxygen atoms in total. The van der Waals surface area contributed by atoms with Gasteiger partial charge in [-0.1, -0.05) is 12.1 Å². The Balaban J connectivity index is 1.54. The summed E-state index contributed by atoms with van der Waals surface area (Å²) < 4.78 is 0. The minimum Gasteiger partial charge on any atom is -0.382 e. The summed E-state index contributed by atoms with van der Waals surface area (Å²) in [5.41, 5.74) is 10.1. The maximum absolute atomic E-state index is 12.7. The van der Waals surface area contributed by atoms with E-state index in [0.717, 1.165) is 56.4 Å². The van der Waals surface area contributed by atoms with Crippen LogP contribution in [-0.2, 0) is 4.79 Å². The molecule has 5 N–H and O–H groups in total. The number of H-pyrrole nitrogens is 1. The van der Waals surface area contributed by atoms with Crippen molar-refractivity contribution in [2.45, 2.75) is 44.4 Å².